The molecule has 0 bridgehead atoms. The quantitative estimate of drug-likeness (QED) is 0.906. The van der Waals surface area contributed by atoms with Gasteiger partial charge in [0, 0.05) is 13.1 Å². The van der Waals surface area contributed by atoms with E-state index in [1.165, 1.54) is 44.9 Å². The fourth-order valence-corrected chi connectivity index (χ4v) is 3.13. The molecular weight excluding hydrogens is 274 g/mol. The van der Waals surface area contributed by atoms with Gasteiger partial charge >= 0.3 is 0 Å². The fourth-order valence-electron chi connectivity index (χ4n) is 2.94. The van der Waals surface area contributed by atoms with E-state index < -0.39 is 0 Å². The number of nitrogens with zero attached hydrogens (tertiary/aromatic N) is 2. The van der Waals surface area contributed by atoms with Crippen molar-refractivity contribution in [2.45, 2.75) is 51.5 Å². The zero-order valence-corrected chi connectivity index (χ0v) is 12.5. The van der Waals surface area contributed by atoms with Crippen LogP contribution in [0.5, 0.6) is 0 Å². The Labute approximate surface area is 124 Å². The highest BCUT2D eigenvalue weighted by Gasteiger charge is 2.23. The van der Waals surface area contributed by atoms with E-state index in [1.54, 1.807) is 10.9 Å². The topological polar surface area (TPSA) is 46.9 Å². The first kappa shape index (κ1) is 13.9. The third-order valence-corrected chi connectivity index (χ3v) is 4.70. The van der Waals surface area contributed by atoms with Gasteiger partial charge in [0.1, 0.15) is 5.69 Å². The Bertz CT molecular complexity index is 518. The minimum absolute atomic E-state index is 0.0693. The summed E-state index contributed by atoms with van der Waals surface area (Å²) in [6.07, 6.45) is 10.5. The Morgan fingerprint density at radius 3 is 2.65 bits per heavy atom. The maximum Gasteiger partial charge on any atom is 0.291 e. The lowest BCUT2D eigenvalue weighted by molar-refractivity contribution is 0.373. The minimum Gasteiger partial charge on any atom is -0.379 e. The van der Waals surface area contributed by atoms with E-state index in [2.05, 4.69) is 10.4 Å². The number of anilines is 1. The molecule has 0 radical (unpaired) electrons. The van der Waals surface area contributed by atoms with Gasteiger partial charge in [0.15, 0.2) is 0 Å². The highest BCUT2D eigenvalue weighted by molar-refractivity contribution is 6.32. The van der Waals surface area contributed by atoms with Crippen LogP contribution in [0, 0.1) is 11.8 Å². The van der Waals surface area contributed by atoms with Crippen LogP contribution < -0.4 is 10.9 Å². The molecule has 0 aliphatic heterocycles. The molecule has 0 aromatic carbocycles. The van der Waals surface area contributed by atoms with E-state index in [-0.39, 0.29) is 5.56 Å². The van der Waals surface area contributed by atoms with Crippen molar-refractivity contribution in [3.8, 4) is 0 Å². The van der Waals surface area contributed by atoms with Crippen LogP contribution in [0.15, 0.2) is 11.0 Å². The maximum absolute atomic E-state index is 12.4. The molecule has 2 aliphatic rings. The van der Waals surface area contributed by atoms with E-state index >= 15 is 0 Å². The van der Waals surface area contributed by atoms with Crippen molar-refractivity contribution in [3.63, 3.8) is 0 Å². The average Bonchev–Trinajstić information content (AvgIpc) is 3.27. The number of hydrogen-bond acceptors (Lipinski definition) is 3. The lowest BCUT2D eigenvalue weighted by atomic mass is 9.89. The van der Waals surface area contributed by atoms with Crippen molar-refractivity contribution >= 4 is 17.3 Å². The van der Waals surface area contributed by atoms with Gasteiger partial charge in [0.25, 0.3) is 5.56 Å². The number of hydrogen-bond donors (Lipinski definition) is 1. The predicted octanol–water partition coefficient (Wildman–Crippen LogP) is 3.30. The molecule has 20 heavy (non-hydrogen) atoms. The Morgan fingerprint density at radius 2 is 1.95 bits per heavy atom. The highest BCUT2D eigenvalue weighted by atomic mass is 35.5. The first-order valence-electron chi connectivity index (χ1n) is 7.73. The molecule has 2 saturated carbocycles. The van der Waals surface area contributed by atoms with Gasteiger partial charge in [0.05, 0.1) is 11.2 Å². The fraction of sp³-hybridized carbons (Fsp3) is 0.733. The number of nitrogens with one attached hydrogen (secondary N) is 1. The van der Waals surface area contributed by atoms with Gasteiger partial charge in [-0.15, -0.1) is 0 Å². The first-order valence-corrected chi connectivity index (χ1v) is 8.11. The number of halogens is 1. The van der Waals surface area contributed by atoms with Gasteiger partial charge < -0.3 is 5.32 Å². The summed E-state index contributed by atoms with van der Waals surface area (Å²) in [5, 5.41) is 7.87. The van der Waals surface area contributed by atoms with Crippen molar-refractivity contribution in [3.05, 3.63) is 21.6 Å². The Morgan fingerprint density at radius 1 is 1.20 bits per heavy atom. The second kappa shape index (κ2) is 6.17. The summed E-state index contributed by atoms with van der Waals surface area (Å²) in [6, 6.07) is 0. The molecule has 1 heterocycles. The van der Waals surface area contributed by atoms with Crippen molar-refractivity contribution in [1.29, 1.82) is 0 Å². The van der Waals surface area contributed by atoms with E-state index in [4.69, 9.17) is 11.6 Å². The summed E-state index contributed by atoms with van der Waals surface area (Å²) < 4.78 is 1.56. The van der Waals surface area contributed by atoms with Crippen LogP contribution in [0.4, 0.5) is 5.69 Å². The van der Waals surface area contributed by atoms with Crippen molar-refractivity contribution in [1.82, 2.24) is 9.78 Å². The van der Waals surface area contributed by atoms with Crippen LogP contribution in [-0.4, -0.2) is 16.3 Å². The minimum atomic E-state index is -0.0693. The molecule has 2 fully saturated rings. The lowest BCUT2D eigenvalue weighted by Gasteiger charge is -2.22. The zero-order chi connectivity index (χ0) is 13.9. The van der Waals surface area contributed by atoms with Crippen LogP contribution >= 0.6 is 11.6 Å². The van der Waals surface area contributed by atoms with Crippen LogP contribution in [0.3, 0.4) is 0 Å². The zero-order valence-electron chi connectivity index (χ0n) is 11.8. The molecule has 0 amide bonds. The smallest absolute Gasteiger partial charge is 0.291 e. The standard InChI is InChI=1S/C15H22ClN3O/c16-13-9-18-19(10-12-6-7-12)15(20)14(13)17-8-11-4-2-1-3-5-11/h9,11-12,17H,1-8,10H2. The molecule has 0 saturated heterocycles. The maximum atomic E-state index is 12.4. The van der Waals surface area contributed by atoms with Gasteiger partial charge in [-0.3, -0.25) is 4.79 Å². The van der Waals surface area contributed by atoms with Crippen LogP contribution in [0.1, 0.15) is 44.9 Å². The van der Waals surface area contributed by atoms with E-state index in [9.17, 15) is 4.79 Å². The molecule has 110 valence electrons. The van der Waals surface area contributed by atoms with Crippen LogP contribution in [0.25, 0.3) is 0 Å². The summed E-state index contributed by atoms with van der Waals surface area (Å²) in [7, 11) is 0. The predicted molar refractivity (Wildman–Crippen MR) is 81.3 cm³/mol. The molecule has 1 aromatic rings. The molecule has 0 unspecified atom stereocenters. The normalized spacial score (nSPS) is 20.1. The molecule has 5 heteroatoms. The van der Waals surface area contributed by atoms with Crippen LogP contribution in [0.2, 0.25) is 5.02 Å². The lowest BCUT2D eigenvalue weighted by Crippen LogP contribution is -2.28. The Balaban J connectivity index is 1.68. The Kier molecular flexibility index (Phi) is 4.29. The summed E-state index contributed by atoms with van der Waals surface area (Å²) in [5.74, 6) is 1.30. The van der Waals surface area contributed by atoms with Gasteiger partial charge in [-0.1, -0.05) is 30.9 Å². The molecule has 1 aromatic heterocycles. The van der Waals surface area contributed by atoms with E-state index in [0.29, 0.717) is 22.5 Å². The van der Waals surface area contributed by atoms with E-state index in [0.717, 1.165) is 13.1 Å². The van der Waals surface area contributed by atoms with Gasteiger partial charge in [-0.05, 0) is 37.5 Å². The van der Waals surface area contributed by atoms with Crippen LogP contribution in [-0.2, 0) is 6.54 Å². The molecule has 0 atom stereocenters. The summed E-state index contributed by atoms with van der Waals surface area (Å²) >= 11 is 6.13. The van der Waals surface area contributed by atoms with Gasteiger partial charge in [0.2, 0.25) is 0 Å². The molecule has 2 aliphatic carbocycles. The summed E-state index contributed by atoms with van der Waals surface area (Å²) in [6.45, 7) is 1.58. The third kappa shape index (κ3) is 3.35. The second-order valence-corrected chi connectivity index (χ2v) is 6.59. The SMILES string of the molecule is O=c1c(NCC2CCCCC2)c(Cl)cnn1CC1CC1. The number of aromatic nitrogens is 2. The number of rotatable bonds is 5. The monoisotopic (exact) mass is 295 g/mol. The van der Waals surface area contributed by atoms with E-state index in [1.807, 2.05) is 0 Å². The highest BCUT2D eigenvalue weighted by Crippen LogP contribution is 2.30. The summed E-state index contributed by atoms with van der Waals surface area (Å²) in [4.78, 5) is 12.4. The molecule has 0 spiro atoms. The Hall–Kier alpha value is -1.03. The molecule has 3 rings (SSSR count). The van der Waals surface area contributed by atoms with Crippen molar-refractivity contribution < 1.29 is 0 Å². The average molecular weight is 296 g/mol. The molecule has 4 nitrogen and oxygen atoms in total. The van der Waals surface area contributed by atoms with Gasteiger partial charge in [-0.2, -0.15) is 5.10 Å². The largest absolute Gasteiger partial charge is 0.379 e. The third-order valence-electron chi connectivity index (χ3n) is 4.42. The molecule has 1 N–H and O–H groups in total. The summed E-state index contributed by atoms with van der Waals surface area (Å²) in [5.41, 5.74) is 0.466. The van der Waals surface area contributed by atoms with Crippen molar-refractivity contribution in [2.75, 3.05) is 11.9 Å². The van der Waals surface area contributed by atoms with Gasteiger partial charge in [-0.25, -0.2) is 4.68 Å². The molecular formula is C15H22ClN3O. The van der Waals surface area contributed by atoms with Crippen molar-refractivity contribution in [2.24, 2.45) is 11.8 Å². The second-order valence-electron chi connectivity index (χ2n) is 6.18. The first-order chi connectivity index (χ1) is 9.74.